The molecular formula is C19H20N6O5. The minimum atomic E-state index is -1.49. The molecule has 0 bridgehead atoms. The first-order valence-corrected chi connectivity index (χ1v) is 9.44. The number of nitrogen functional groups attached to an aromatic ring is 1. The second kappa shape index (κ2) is 7.44. The number of nitriles is 2. The Balaban J connectivity index is 1.41. The molecule has 2 fully saturated rings. The largest absolute Gasteiger partial charge is 0.508 e. The molecule has 2 aromatic heterocycles. The average Bonchev–Trinajstić information content (AvgIpc) is 3.21. The van der Waals surface area contributed by atoms with Crippen molar-refractivity contribution in [2.45, 2.75) is 43.5 Å². The van der Waals surface area contributed by atoms with E-state index < -0.39 is 24.0 Å². The predicted octanol–water partition coefficient (Wildman–Crippen LogP) is 1.03. The van der Waals surface area contributed by atoms with E-state index in [2.05, 4.69) is 22.2 Å². The zero-order valence-corrected chi connectivity index (χ0v) is 16.0. The van der Waals surface area contributed by atoms with Crippen LogP contribution in [0.3, 0.4) is 0 Å². The third-order valence-corrected chi connectivity index (χ3v) is 5.63. The number of carbonyl (C=O) groups excluding carboxylic acids is 1. The quantitative estimate of drug-likeness (QED) is 0.653. The van der Waals surface area contributed by atoms with Gasteiger partial charge in [-0.15, -0.1) is 0 Å². The van der Waals surface area contributed by atoms with Gasteiger partial charge in [-0.05, 0) is 25.0 Å². The van der Waals surface area contributed by atoms with E-state index in [1.54, 1.807) is 12.1 Å². The Hall–Kier alpha value is -3.41. The van der Waals surface area contributed by atoms with Crippen LogP contribution in [-0.4, -0.2) is 51.3 Å². The van der Waals surface area contributed by atoms with Crippen LogP contribution in [0.25, 0.3) is 5.52 Å². The molecule has 11 nitrogen and oxygen atoms in total. The third-order valence-electron chi connectivity index (χ3n) is 5.63. The van der Waals surface area contributed by atoms with Gasteiger partial charge in [-0.2, -0.15) is 15.6 Å². The number of aromatic nitrogens is 3. The summed E-state index contributed by atoms with van der Waals surface area (Å²) >= 11 is 0. The molecule has 30 heavy (non-hydrogen) atoms. The highest BCUT2D eigenvalue weighted by molar-refractivity contribution is 5.66. The van der Waals surface area contributed by atoms with Crippen molar-refractivity contribution in [3.05, 3.63) is 24.2 Å². The first-order valence-electron chi connectivity index (χ1n) is 9.44. The first kappa shape index (κ1) is 19.9. The monoisotopic (exact) mass is 412 g/mol. The van der Waals surface area contributed by atoms with Gasteiger partial charge in [0.1, 0.15) is 37.2 Å². The molecule has 1 aliphatic heterocycles. The minimum Gasteiger partial charge on any atom is -0.434 e. The molecule has 0 aromatic carbocycles. The average molecular weight is 412 g/mol. The second-order valence-electron chi connectivity index (χ2n) is 7.71. The lowest BCUT2D eigenvalue weighted by Gasteiger charge is -2.21. The van der Waals surface area contributed by atoms with Gasteiger partial charge in [0, 0.05) is 18.3 Å². The van der Waals surface area contributed by atoms with E-state index >= 15 is 0 Å². The Morgan fingerprint density at radius 3 is 2.90 bits per heavy atom. The van der Waals surface area contributed by atoms with E-state index in [-0.39, 0.29) is 30.9 Å². The summed E-state index contributed by atoms with van der Waals surface area (Å²) in [5, 5.41) is 33.2. The third kappa shape index (κ3) is 3.49. The summed E-state index contributed by atoms with van der Waals surface area (Å²) in [5.74, 6) is 0.246. The Bertz CT molecular complexity index is 1050. The molecule has 0 unspecified atom stereocenters. The van der Waals surface area contributed by atoms with E-state index in [4.69, 9.17) is 25.2 Å². The van der Waals surface area contributed by atoms with Gasteiger partial charge in [0.15, 0.2) is 11.4 Å². The van der Waals surface area contributed by atoms with Crippen LogP contribution < -0.4 is 5.73 Å². The van der Waals surface area contributed by atoms with Gasteiger partial charge in [0.05, 0.1) is 17.9 Å². The molecule has 11 heteroatoms. The summed E-state index contributed by atoms with van der Waals surface area (Å²) < 4.78 is 17.4. The molecule has 156 valence electrons. The second-order valence-corrected chi connectivity index (χ2v) is 7.71. The zero-order valence-electron chi connectivity index (χ0n) is 16.0. The van der Waals surface area contributed by atoms with E-state index in [1.807, 2.05) is 0 Å². The number of nitrogens with two attached hydrogens (primary N) is 1. The SMILES string of the molecule is N#CCC1(COC(=O)OC[C@H]2O[C@@](C#N)(c3ccc4c(N)ncnn34)C[C@@H]2O)CC1. The van der Waals surface area contributed by atoms with E-state index in [9.17, 15) is 15.2 Å². The van der Waals surface area contributed by atoms with Crippen LogP contribution in [-0.2, 0) is 19.8 Å². The van der Waals surface area contributed by atoms with Crippen molar-refractivity contribution >= 4 is 17.5 Å². The lowest BCUT2D eigenvalue weighted by atomic mass is 9.96. The summed E-state index contributed by atoms with van der Waals surface area (Å²) in [6.45, 7) is -0.165. The van der Waals surface area contributed by atoms with Gasteiger partial charge in [0.25, 0.3) is 0 Å². The fraction of sp³-hybridized carbons (Fsp3) is 0.526. The lowest BCUT2D eigenvalue weighted by molar-refractivity contribution is -0.0651. The summed E-state index contributed by atoms with van der Waals surface area (Å²) in [6, 6.07) is 7.49. The maximum Gasteiger partial charge on any atom is 0.508 e. The first-order chi connectivity index (χ1) is 14.4. The number of ether oxygens (including phenoxy) is 3. The summed E-state index contributed by atoms with van der Waals surface area (Å²) in [7, 11) is 0. The highest BCUT2D eigenvalue weighted by Gasteiger charge is 2.50. The van der Waals surface area contributed by atoms with Gasteiger partial charge in [0.2, 0.25) is 0 Å². The van der Waals surface area contributed by atoms with E-state index in [0.29, 0.717) is 17.6 Å². The highest BCUT2D eigenvalue weighted by atomic mass is 16.7. The maximum atomic E-state index is 11.9. The molecule has 3 heterocycles. The highest BCUT2D eigenvalue weighted by Crippen LogP contribution is 2.48. The number of rotatable bonds is 6. The van der Waals surface area contributed by atoms with Crippen LogP contribution in [0.1, 0.15) is 31.4 Å². The molecule has 2 aromatic rings. The summed E-state index contributed by atoms with van der Waals surface area (Å²) in [6.07, 6.45) is 0.357. The van der Waals surface area contributed by atoms with Gasteiger partial charge in [-0.1, -0.05) is 0 Å². The van der Waals surface area contributed by atoms with Crippen LogP contribution in [0.2, 0.25) is 0 Å². The Morgan fingerprint density at radius 1 is 1.40 bits per heavy atom. The molecule has 1 aliphatic carbocycles. The molecule has 0 spiro atoms. The number of anilines is 1. The fourth-order valence-electron chi connectivity index (χ4n) is 3.63. The van der Waals surface area contributed by atoms with Crippen molar-refractivity contribution in [2.75, 3.05) is 18.9 Å². The number of aliphatic hydroxyl groups is 1. The molecule has 2 aliphatic rings. The zero-order chi connectivity index (χ0) is 21.4. The predicted molar refractivity (Wildman–Crippen MR) is 99.4 cm³/mol. The Morgan fingerprint density at radius 2 is 2.20 bits per heavy atom. The smallest absolute Gasteiger partial charge is 0.434 e. The van der Waals surface area contributed by atoms with Crippen LogP contribution in [0.5, 0.6) is 0 Å². The van der Waals surface area contributed by atoms with Crippen LogP contribution >= 0.6 is 0 Å². The Kier molecular flexibility index (Phi) is 4.94. The molecule has 1 saturated carbocycles. The van der Waals surface area contributed by atoms with Gasteiger partial charge < -0.3 is 25.1 Å². The summed E-state index contributed by atoms with van der Waals surface area (Å²) in [5.41, 5.74) is 4.99. The number of hydrogen-bond donors (Lipinski definition) is 2. The standard InChI is InChI=1S/C19H20N6O5/c20-6-5-18(3-4-18)10-29-17(27)28-8-14-13(26)7-19(9-21,30-14)15-2-1-12-16(22)23-11-24-25(12)15/h1-2,11,13-14,26H,3-5,7-8,10H2,(H2,22,23,24)/t13-,14+,19-/m0/s1. The number of aliphatic hydroxyl groups excluding tert-OH is 1. The van der Waals surface area contributed by atoms with Crippen LogP contribution in [0.15, 0.2) is 18.5 Å². The van der Waals surface area contributed by atoms with Crippen molar-refractivity contribution < 1.29 is 24.1 Å². The molecule has 3 N–H and O–H groups in total. The number of fused-ring (bicyclic) bond motifs is 1. The van der Waals surface area contributed by atoms with Crippen molar-refractivity contribution in [2.24, 2.45) is 5.41 Å². The van der Waals surface area contributed by atoms with Gasteiger partial charge in [-0.25, -0.2) is 14.3 Å². The lowest BCUT2D eigenvalue weighted by Crippen LogP contribution is -2.30. The fourth-order valence-corrected chi connectivity index (χ4v) is 3.63. The Labute approximate surface area is 171 Å². The van der Waals surface area contributed by atoms with Gasteiger partial charge >= 0.3 is 6.16 Å². The molecular weight excluding hydrogens is 392 g/mol. The van der Waals surface area contributed by atoms with Crippen LogP contribution in [0, 0.1) is 28.1 Å². The number of carbonyl (C=O) groups is 1. The van der Waals surface area contributed by atoms with Crippen molar-refractivity contribution in [1.82, 2.24) is 14.6 Å². The number of hydrogen-bond acceptors (Lipinski definition) is 10. The molecule has 0 radical (unpaired) electrons. The van der Waals surface area contributed by atoms with E-state index in [1.165, 1.54) is 10.8 Å². The normalized spacial score (nSPS) is 26.6. The topological polar surface area (TPSA) is 169 Å². The molecule has 0 amide bonds. The van der Waals surface area contributed by atoms with Crippen molar-refractivity contribution in [3.63, 3.8) is 0 Å². The molecule has 3 atom stereocenters. The minimum absolute atomic E-state index is 0.0339. The van der Waals surface area contributed by atoms with Crippen LogP contribution in [0.4, 0.5) is 10.6 Å². The summed E-state index contributed by atoms with van der Waals surface area (Å²) in [4.78, 5) is 15.8. The van der Waals surface area contributed by atoms with Crippen molar-refractivity contribution in [3.8, 4) is 12.1 Å². The molecule has 1 saturated heterocycles. The van der Waals surface area contributed by atoms with Gasteiger partial charge in [-0.3, -0.25) is 0 Å². The van der Waals surface area contributed by atoms with Crippen molar-refractivity contribution in [1.29, 1.82) is 10.5 Å². The number of nitrogens with zero attached hydrogens (tertiary/aromatic N) is 5. The van der Waals surface area contributed by atoms with E-state index in [0.717, 1.165) is 12.8 Å². The maximum absolute atomic E-state index is 11.9. The molecule has 4 rings (SSSR count).